The number of ketones is 1. The van der Waals surface area contributed by atoms with Crippen LogP contribution in [0.2, 0.25) is 0 Å². The van der Waals surface area contributed by atoms with Crippen molar-refractivity contribution in [3.63, 3.8) is 0 Å². The van der Waals surface area contributed by atoms with E-state index in [9.17, 15) is 4.79 Å². The fourth-order valence-corrected chi connectivity index (χ4v) is 3.10. The lowest BCUT2D eigenvalue weighted by atomic mass is 9.84. The van der Waals surface area contributed by atoms with Gasteiger partial charge in [0.15, 0.2) is 0 Å². The van der Waals surface area contributed by atoms with Crippen LogP contribution in [0.3, 0.4) is 0 Å². The Balaban J connectivity index is 1.82. The molecule has 0 radical (unpaired) electrons. The summed E-state index contributed by atoms with van der Waals surface area (Å²) in [5.41, 5.74) is 0. The van der Waals surface area contributed by atoms with E-state index in [4.69, 9.17) is 5.11 Å². The molecule has 1 atom stereocenters. The van der Waals surface area contributed by atoms with Crippen LogP contribution in [-0.4, -0.2) is 17.5 Å². The molecule has 0 saturated heterocycles. The van der Waals surface area contributed by atoms with Crippen LogP contribution in [0.5, 0.6) is 0 Å². The summed E-state index contributed by atoms with van der Waals surface area (Å²) < 4.78 is 0. The van der Waals surface area contributed by atoms with Gasteiger partial charge in [-0.05, 0) is 25.7 Å². The van der Waals surface area contributed by atoms with E-state index in [0.717, 1.165) is 32.1 Å². The highest BCUT2D eigenvalue weighted by molar-refractivity contribution is 5.81. The molecule has 1 saturated carbocycles. The lowest BCUT2D eigenvalue weighted by Crippen LogP contribution is -2.18. The molecular formula is C17H32O2. The number of hydrogen-bond donors (Lipinski definition) is 1. The highest BCUT2D eigenvalue weighted by atomic mass is 16.2. The number of aliphatic hydroxyl groups excluding tert-OH is 1. The minimum absolute atomic E-state index is 0.347. The molecule has 0 aliphatic heterocycles. The third-order valence-electron chi connectivity index (χ3n) is 4.39. The summed E-state index contributed by atoms with van der Waals surface area (Å²) in [4.78, 5) is 11.7. The third kappa shape index (κ3) is 8.41. The zero-order valence-corrected chi connectivity index (χ0v) is 12.5. The smallest absolute Gasteiger partial charge is 0.135 e. The number of unbranched alkanes of at least 4 members (excludes halogenated alkanes) is 8. The van der Waals surface area contributed by atoms with Crippen LogP contribution < -0.4 is 0 Å². The molecule has 0 spiro atoms. The molecule has 1 aliphatic rings. The summed E-state index contributed by atoms with van der Waals surface area (Å²) in [5.74, 6) is 0.947. The average Bonchev–Trinajstić information content (AvgIpc) is 2.43. The molecule has 2 heteroatoms. The van der Waals surface area contributed by atoms with Gasteiger partial charge in [-0.25, -0.2) is 0 Å². The van der Waals surface area contributed by atoms with Gasteiger partial charge < -0.3 is 5.11 Å². The predicted molar refractivity (Wildman–Crippen MR) is 80.2 cm³/mol. The first-order valence-electron chi connectivity index (χ1n) is 8.48. The summed E-state index contributed by atoms with van der Waals surface area (Å²) in [7, 11) is 0. The summed E-state index contributed by atoms with van der Waals surface area (Å²) in [6, 6.07) is 0. The largest absolute Gasteiger partial charge is 0.396 e. The number of carbonyl (C=O) groups excluding carboxylic acids is 1. The standard InChI is InChI=1S/C17H32O2/c18-15-11-7-5-3-1-2-4-6-8-12-16-13-9-10-14-17(16)19/h16,18H,1-15H2/t16-/m1/s1. The molecule has 0 heterocycles. The second kappa shape index (κ2) is 11.5. The Bertz CT molecular complexity index is 225. The van der Waals surface area contributed by atoms with Gasteiger partial charge in [-0.2, -0.15) is 0 Å². The molecule has 1 N–H and O–H groups in total. The van der Waals surface area contributed by atoms with E-state index in [1.54, 1.807) is 0 Å². The third-order valence-corrected chi connectivity index (χ3v) is 4.39. The van der Waals surface area contributed by atoms with E-state index in [1.165, 1.54) is 57.8 Å². The Hall–Kier alpha value is -0.370. The van der Waals surface area contributed by atoms with Crippen molar-refractivity contribution in [2.24, 2.45) is 5.92 Å². The van der Waals surface area contributed by atoms with Crippen molar-refractivity contribution in [1.29, 1.82) is 0 Å². The van der Waals surface area contributed by atoms with Crippen molar-refractivity contribution in [3.05, 3.63) is 0 Å². The van der Waals surface area contributed by atoms with Gasteiger partial charge in [0.25, 0.3) is 0 Å². The molecule has 1 fully saturated rings. The lowest BCUT2D eigenvalue weighted by Gasteiger charge is -2.20. The summed E-state index contributed by atoms with van der Waals surface area (Å²) >= 11 is 0. The fraction of sp³-hybridized carbons (Fsp3) is 0.941. The van der Waals surface area contributed by atoms with Crippen LogP contribution in [0.4, 0.5) is 0 Å². The van der Waals surface area contributed by atoms with Crippen LogP contribution in [0.1, 0.15) is 89.9 Å². The Kier molecular flexibility index (Phi) is 10.1. The van der Waals surface area contributed by atoms with Crippen molar-refractivity contribution < 1.29 is 9.90 Å². The highest BCUT2D eigenvalue weighted by Gasteiger charge is 2.20. The first kappa shape index (κ1) is 16.7. The van der Waals surface area contributed by atoms with E-state index < -0.39 is 0 Å². The van der Waals surface area contributed by atoms with Gasteiger partial charge >= 0.3 is 0 Å². The maximum Gasteiger partial charge on any atom is 0.135 e. The number of aliphatic hydroxyl groups is 1. The normalized spacial score (nSPS) is 19.8. The van der Waals surface area contributed by atoms with E-state index in [1.807, 2.05) is 0 Å². The van der Waals surface area contributed by atoms with Crippen LogP contribution >= 0.6 is 0 Å². The quantitative estimate of drug-likeness (QED) is 0.554. The number of rotatable bonds is 11. The summed E-state index contributed by atoms with van der Waals surface area (Å²) in [5, 5.41) is 8.67. The van der Waals surface area contributed by atoms with Crippen molar-refractivity contribution in [2.75, 3.05) is 6.61 Å². The molecule has 0 aromatic rings. The lowest BCUT2D eigenvalue weighted by molar-refractivity contribution is -0.124. The number of Topliss-reactive ketones (excluding diaryl/α,β-unsaturated/α-hetero) is 1. The van der Waals surface area contributed by atoms with Gasteiger partial charge in [-0.3, -0.25) is 4.79 Å². The van der Waals surface area contributed by atoms with Gasteiger partial charge in [-0.15, -0.1) is 0 Å². The van der Waals surface area contributed by atoms with Gasteiger partial charge in [0.1, 0.15) is 5.78 Å². The van der Waals surface area contributed by atoms with Gasteiger partial charge in [-0.1, -0.05) is 57.8 Å². The first-order chi connectivity index (χ1) is 9.34. The molecule has 1 aliphatic carbocycles. The molecular weight excluding hydrogens is 236 g/mol. The summed E-state index contributed by atoms with van der Waals surface area (Å²) in [6.07, 6.45) is 16.9. The first-order valence-corrected chi connectivity index (χ1v) is 8.48. The predicted octanol–water partition coefficient (Wildman–Crippen LogP) is 4.64. The SMILES string of the molecule is O=C1CCCC[C@H]1CCCCCCCCCCCO. The second-order valence-corrected chi connectivity index (χ2v) is 6.10. The van der Waals surface area contributed by atoms with E-state index in [2.05, 4.69) is 0 Å². The van der Waals surface area contributed by atoms with Crippen molar-refractivity contribution in [3.8, 4) is 0 Å². The van der Waals surface area contributed by atoms with Crippen molar-refractivity contribution >= 4 is 5.78 Å². The zero-order valence-electron chi connectivity index (χ0n) is 12.5. The fourth-order valence-electron chi connectivity index (χ4n) is 3.10. The molecule has 112 valence electrons. The molecule has 2 nitrogen and oxygen atoms in total. The molecule has 0 aromatic heterocycles. The molecule has 0 amide bonds. The minimum Gasteiger partial charge on any atom is -0.396 e. The summed E-state index contributed by atoms with van der Waals surface area (Å²) in [6.45, 7) is 0.347. The van der Waals surface area contributed by atoms with E-state index >= 15 is 0 Å². The highest BCUT2D eigenvalue weighted by Crippen LogP contribution is 2.25. The van der Waals surface area contributed by atoms with E-state index in [-0.39, 0.29) is 0 Å². The van der Waals surface area contributed by atoms with Crippen LogP contribution in [0.15, 0.2) is 0 Å². The van der Waals surface area contributed by atoms with Crippen molar-refractivity contribution in [2.45, 2.75) is 89.9 Å². The van der Waals surface area contributed by atoms with Crippen molar-refractivity contribution in [1.82, 2.24) is 0 Å². The molecule has 1 rings (SSSR count). The number of carbonyl (C=O) groups is 1. The maximum atomic E-state index is 11.7. The molecule has 0 bridgehead atoms. The topological polar surface area (TPSA) is 37.3 Å². The van der Waals surface area contributed by atoms with Crippen LogP contribution in [0, 0.1) is 5.92 Å². The monoisotopic (exact) mass is 268 g/mol. The minimum atomic E-state index is 0.347. The molecule has 19 heavy (non-hydrogen) atoms. The Morgan fingerprint density at radius 2 is 1.42 bits per heavy atom. The van der Waals surface area contributed by atoms with Gasteiger partial charge in [0, 0.05) is 18.9 Å². The molecule has 0 aromatic carbocycles. The Morgan fingerprint density at radius 3 is 2.00 bits per heavy atom. The second-order valence-electron chi connectivity index (χ2n) is 6.10. The van der Waals surface area contributed by atoms with Gasteiger partial charge in [0.2, 0.25) is 0 Å². The molecule has 0 unspecified atom stereocenters. The maximum absolute atomic E-state index is 11.7. The number of hydrogen-bond acceptors (Lipinski definition) is 2. The average molecular weight is 268 g/mol. The Labute approximate surface area is 119 Å². The van der Waals surface area contributed by atoms with Crippen LogP contribution in [-0.2, 0) is 4.79 Å². The van der Waals surface area contributed by atoms with Gasteiger partial charge in [0.05, 0.1) is 0 Å². The Morgan fingerprint density at radius 1 is 0.842 bits per heavy atom. The zero-order chi connectivity index (χ0) is 13.8. The van der Waals surface area contributed by atoms with E-state index in [0.29, 0.717) is 18.3 Å². The van der Waals surface area contributed by atoms with Crippen LogP contribution in [0.25, 0.3) is 0 Å².